The largest absolute Gasteiger partial charge is 3.00 e. The number of pyridine rings is 3. The molecule has 0 N–H and O–H groups in total. The van der Waals surface area contributed by atoms with Gasteiger partial charge in [-0.25, -0.2) is 11.6 Å². The summed E-state index contributed by atoms with van der Waals surface area (Å²) in [5, 5.41) is 0. The van der Waals surface area contributed by atoms with Crippen LogP contribution in [0.2, 0.25) is 0 Å². The van der Waals surface area contributed by atoms with Crippen molar-refractivity contribution in [2.75, 3.05) is 4.90 Å². The van der Waals surface area contributed by atoms with Crippen molar-refractivity contribution in [1.82, 2.24) is 24.9 Å². The molecule has 0 amide bonds. The zero-order valence-corrected chi connectivity index (χ0v) is 49.8. The van der Waals surface area contributed by atoms with E-state index in [0.29, 0.717) is 11.4 Å². The standard InChI is InChI=1S/C75H49N6.Ir.Pt/c1-51-44-54(72-31-13-16-40-77-72)33-36-62(51)67-27-9-6-24-64(67)57-46-58(65-25-7-10-28-68(65)63-37-34-55(45-52(63)2)73-32-14-17-41-78-73)48-59(47-57)66-26-8-11-29-69(66)70-38-35-56(75-79-42-19-43-80-75)50-74(70)81(60-21-4-3-5-22-60)61-23-18-20-53(49-61)71-30-12-15-39-76-71;;/h3-32,36-48H,1-2H3;;/q-5;+3;+2. The molecule has 0 fully saturated rings. The molecule has 0 aliphatic rings. The summed E-state index contributed by atoms with van der Waals surface area (Å²) in [6.07, 6.45) is 8.96. The van der Waals surface area contributed by atoms with Gasteiger partial charge < -0.3 is 29.8 Å². The molecule has 8 heteroatoms. The third-order valence-corrected chi connectivity index (χ3v) is 14.6. The van der Waals surface area contributed by atoms with Gasteiger partial charge in [0.05, 0.1) is 0 Å². The van der Waals surface area contributed by atoms with Crippen LogP contribution >= 0.6 is 0 Å². The topological polar surface area (TPSA) is 67.7 Å². The molecular weight excluding hydrogens is 1370 g/mol. The van der Waals surface area contributed by atoms with Crippen LogP contribution in [0.1, 0.15) is 11.1 Å². The van der Waals surface area contributed by atoms with Crippen molar-refractivity contribution in [2.45, 2.75) is 13.8 Å². The molecule has 0 spiro atoms. The molecular formula is C75H49IrN6Pt. The summed E-state index contributed by atoms with van der Waals surface area (Å²) in [6, 6.07) is 98.3. The number of aromatic nitrogens is 5. The van der Waals surface area contributed by atoms with Crippen LogP contribution in [0.4, 0.5) is 17.1 Å². The maximum atomic E-state index is 4.71. The van der Waals surface area contributed by atoms with Crippen LogP contribution < -0.4 is 4.90 Å². The Hall–Kier alpha value is -9.35. The summed E-state index contributed by atoms with van der Waals surface area (Å²) in [5.74, 6) is 0.519. The Morgan fingerprint density at radius 3 is 1.23 bits per heavy atom. The first-order chi connectivity index (χ1) is 40.0. The van der Waals surface area contributed by atoms with Gasteiger partial charge in [-0.1, -0.05) is 169 Å². The second-order valence-corrected chi connectivity index (χ2v) is 19.7. The molecule has 398 valence electrons. The van der Waals surface area contributed by atoms with Crippen molar-refractivity contribution in [3.05, 3.63) is 303 Å². The molecule has 0 unspecified atom stereocenters. The molecule has 0 radical (unpaired) electrons. The van der Waals surface area contributed by atoms with Crippen LogP contribution in [-0.2, 0) is 41.2 Å². The minimum absolute atomic E-state index is 0. The summed E-state index contributed by atoms with van der Waals surface area (Å²) < 4.78 is 0. The molecule has 4 aromatic heterocycles. The van der Waals surface area contributed by atoms with Crippen LogP contribution in [0.15, 0.2) is 262 Å². The van der Waals surface area contributed by atoms with E-state index in [1.807, 2.05) is 91.4 Å². The van der Waals surface area contributed by atoms with Gasteiger partial charge in [0, 0.05) is 36.7 Å². The normalized spacial score (nSPS) is 10.8. The minimum atomic E-state index is 0. The van der Waals surface area contributed by atoms with Crippen LogP contribution in [0.5, 0.6) is 0 Å². The van der Waals surface area contributed by atoms with E-state index in [2.05, 4.69) is 227 Å². The number of rotatable bonds is 13. The molecule has 83 heavy (non-hydrogen) atoms. The molecule has 4 heterocycles. The number of aryl methyl sites for hydroxylation is 2. The summed E-state index contributed by atoms with van der Waals surface area (Å²) in [6.45, 7) is 4.34. The summed E-state index contributed by atoms with van der Waals surface area (Å²) in [7, 11) is 0. The molecule has 0 aliphatic heterocycles. The SMILES string of the molecule is Cc1cc(-c2ccccn2)[c-]cc1-c1ccccc1-c1cc(-c2ccccc2-c2c[c-]c(-c3ncccn3)[c-]c2N(c2[c-]c(-c3ccccn3)ccc2)c2ccccc2)cc(-c2ccccc2-c2c[c-]c(-c3ccccn3)cc2C)c1.[Ir+3].[Pt+2]. The van der Waals surface area contributed by atoms with Gasteiger partial charge in [0.15, 0.2) is 0 Å². The number of para-hydroxylation sites is 1. The van der Waals surface area contributed by atoms with E-state index in [1.54, 1.807) is 12.4 Å². The third-order valence-electron chi connectivity index (χ3n) is 14.6. The van der Waals surface area contributed by atoms with Crippen LogP contribution in [0, 0.1) is 44.2 Å². The Kier molecular flexibility index (Phi) is 16.9. The maximum absolute atomic E-state index is 4.71. The van der Waals surface area contributed by atoms with E-state index in [-0.39, 0.29) is 41.2 Å². The zero-order valence-electron chi connectivity index (χ0n) is 45.2. The molecule has 13 aromatic rings. The molecule has 0 saturated carbocycles. The number of anilines is 3. The maximum Gasteiger partial charge on any atom is 3.00 e. The Balaban J connectivity index is 0.00000360. The van der Waals surface area contributed by atoms with Gasteiger partial charge in [0.25, 0.3) is 0 Å². The number of hydrogen-bond acceptors (Lipinski definition) is 6. The third kappa shape index (κ3) is 11.6. The van der Waals surface area contributed by atoms with Crippen molar-refractivity contribution in [2.24, 2.45) is 0 Å². The number of hydrogen-bond donors (Lipinski definition) is 0. The predicted molar refractivity (Wildman–Crippen MR) is 328 cm³/mol. The fourth-order valence-corrected chi connectivity index (χ4v) is 10.7. The first kappa shape index (κ1) is 55.6. The Morgan fingerprint density at radius 1 is 0.337 bits per heavy atom. The van der Waals surface area contributed by atoms with Crippen LogP contribution in [-0.4, -0.2) is 24.9 Å². The molecule has 6 nitrogen and oxygen atoms in total. The second-order valence-electron chi connectivity index (χ2n) is 19.7. The molecule has 0 saturated heterocycles. The Bertz CT molecular complexity index is 4220. The monoisotopic (exact) mass is 1420 g/mol. The molecule has 0 aliphatic carbocycles. The molecule has 0 bridgehead atoms. The van der Waals surface area contributed by atoms with Gasteiger partial charge in [-0.3, -0.25) is 12.1 Å². The van der Waals surface area contributed by atoms with Gasteiger partial charge in [-0.2, -0.15) is 5.56 Å². The Morgan fingerprint density at radius 2 is 0.759 bits per heavy atom. The van der Waals surface area contributed by atoms with E-state index in [0.717, 1.165) is 129 Å². The number of benzene rings is 9. The van der Waals surface area contributed by atoms with Gasteiger partial charge in [0.1, 0.15) is 0 Å². The fourth-order valence-electron chi connectivity index (χ4n) is 10.7. The summed E-state index contributed by atoms with van der Waals surface area (Å²) in [5.41, 5.74) is 23.4. The summed E-state index contributed by atoms with van der Waals surface area (Å²) >= 11 is 0. The van der Waals surface area contributed by atoms with Crippen molar-refractivity contribution in [3.63, 3.8) is 0 Å². The van der Waals surface area contributed by atoms with E-state index in [9.17, 15) is 0 Å². The van der Waals surface area contributed by atoms with Gasteiger partial charge in [-0.15, -0.1) is 94.2 Å². The first-order valence-electron chi connectivity index (χ1n) is 26.9. The van der Waals surface area contributed by atoms with Gasteiger partial charge >= 0.3 is 41.2 Å². The van der Waals surface area contributed by atoms with E-state index in [1.165, 1.54) is 0 Å². The number of nitrogens with zero attached hydrogens (tertiary/aromatic N) is 6. The van der Waals surface area contributed by atoms with Crippen LogP contribution in [0.3, 0.4) is 0 Å². The summed E-state index contributed by atoms with van der Waals surface area (Å²) in [4.78, 5) is 25.6. The van der Waals surface area contributed by atoms with Crippen molar-refractivity contribution in [1.29, 1.82) is 0 Å². The fraction of sp³-hybridized carbons (Fsp3) is 0.0267. The molecule has 13 rings (SSSR count). The quantitative estimate of drug-likeness (QED) is 0.107. The smallest absolute Gasteiger partial charge is 0.364 e. The zero-order chi connectivity index (χ0) is 54.5. The van der Waals surface area contributed by atoms with Gasteiger partial charge in [0.2, 0.25) is 0 Å². The first-order valence-corrected chi connectivity index (χ1v) is 26.9. The average Bonchev–Trinajstić information content (AvgIpc) is 3.70. The van der Waals surface area contributed by atoms with E-state index >= 15 is 0 Å². The average molecular weight is 1420 g/mol. The van der Waals surface area contributed by atoms with E-state index < -0.39 is 0 Å². The molecule has 9 aromatic carbocycles. The van der Waals surface area contributed by atoms with Crippen LogP contribution in [0.25, 0.3) is 112 Å². The predicted octanol–water partition coefficient (Wildman–Crippen LogP) is 18.4. The minimum Gasteiger partial charge on any atom is -0.364 e. The van der Waals surface area contributed by atoms with Gasteiger partial charge in [-0.05, 0) is 117 Å². The van der Waals surface area contributed by atoms with E-state index in [4.69, 9.17) is 4.98 Å². The van der Waals surface area contributed by atoms with Crippen molar-refractivity contribution < 1.29 is 41.2 Å². The Labute approximate surface area is 513 Å². The molecule has 0 atom stereocenters. The van der Waals surface area contributed by atoms with Crippen molar-refractivity contribution in [3.8, 4) is 112 Å². The second kappa shape index (κ2) is 25.2. The van der Waals surface area contributed by atoms with Crippen molar-refractivity contribution >= 4 is 17.1 Å².